The molecule has 0 aliphatic heterocycles. The van der Waals surface area contributed by atoms with Crippen molar-refractivity contribution in [1.82, 2.24) is 9.88 Å². The van der Waals surface area contributed by atoms with Crippen molar-refractivity contribution in [3.63, 3.8) is 0 Å². The van der Waals surface area contributed by atoms with Gasteiger partial charge in [0.25, 0.3) is 5.56 Å². The summed E-state index contributed by atoms with van der Waals surface area (Å²) in [5.74, 6) is 0.0226. The second-order valence-electron chi connectivity index (χ2n) is 3.97. The minimum Gasteiger partial charge on any atom is -0.353 e. The van der Waals surface area contributed by atoms with Gasteiger partial charge in [-0.3, -0.25) is 9.59 Å². The molecule has 2 rings (SSSR count). The lowest BCUT2D eigenvalue weighted by atomic mass is 10.3. The average Bonchev–Trinajstić information content (AvgIpc) is 3.03. The fraction of sp³-hybridized carbons (Fsp3) is 0.455. The molecule has 1 saturated carbocycles. The summed E-state index contributed by atoms with van der Waals surface area (Å²) < 4.78 is 2.38. The van der Waals surface area contributed by atoms with Crippen LogP contribution in [0, 0.1) is 0 Å². The summed E-state index contributed by atoms with van der Waals surface area (Å²) in [6.45, 7) is 0.427. The third-order valence-electron chi connectivity index (χ3n) is 2.47. The smallest absolute Gasteiger partial charge is 0.250 e. The second-order valence-corrected chi connectivity index (χ2v) is 4.89. The number of carbonyl (C=O) groups is 1. The molecule has 0 unspecified atom stereocenters. The molecule has 0 saturated heterocycles. The first-order valence-corrected chi connectivity index (χ1v) is 6.10. The van der Waals surface area contributed by atoms with Crippen LogP contribution in [0.25, 0.3) is 0 Å². The zero-order valence-corrected chi connectivity index (χ0v) is 10.4. The van der Waals surface area contributed by atoms with E-state index in [1.54, 1.807) is 12.3 Å². The predicted molar refractivity (Wildman–Crippen MR) is 64.2 cm³/mol. The fourth-order valence-electron chi connectivity index (χ4n) is 1.43. The molecule has 1 aromatic rings. The summed E-state index contributed by atoms with van der Waals surface area (Å²) in [4.78, 5) is 22.9. The summed E-state index contributed by atoms with van der Waals surface area (Å²) in [6.07, 6.45) is 4.23. The van der Waals surface area contributed by atoms with Gasteiger partial charge in [-0.15, -0.1) is 0 Å². The van der Waals surface area contributed by atoms with Crippen LogP contribution >= 0.6 is 15.9 Å². The van der Waals surface area contributed by atoms with E-state index in [2.05, 4.69) is 21.2 Å². The maximum atomic E-state index is 11.4. The van der Waals surface area contributed by atoms with Crippen LogP contribution in [-0.4, -0.2) is 16.5 Å². The van der Waals surface area contributed by atoms with Gasteiger partial charge in [-0.2, -0.15) is 0 Å². The van der Waals surface area contributed by atoms with Crippen molar-refractivity contribution in [2.24, 2.45) is 0 Å². The summed E-state index contributed by atoms with van der Waals surface area (Å²) in [5.41, 5.74) is -0.0811. The maximum Gasteiger partial charge on any atom is 0.250 e. The summed E-state index contributed by atoms with van der Waals surface area (Å²) in [6, 6.07) is 3.57. The average molecular weight is 285 g/mol. The normalized spacial score (nSPS) is 14.8. The van der Waals surface area contributed by atoms with E-state index in [4.69, 9.17) is 0 Å². The van der Waals surface area contributed by atoms with E-state index < -0.39 is 0 Å². The first-order valence-electron chi connectivity index (χ1n) is 5.30. The third kappa shape index (κ3) is 3.20. The molecule has 1 amide bonds. The Bertz CT molecular complexity index is 452. The molecule has 1 aliphatic rings. The van der Waals surface area contributed by atoms with Crippen molar-refractivity contribution in [3.8, 4) is 0 Å². The standard InChI is InChI=1S/C11H13BrN2O2/c12-8-1-4-11(16)14(7-8)6-5-10(15)13-9-2-3-9/h1,4,7,9H,2-3,5-6H2,(H,13,15). The van der Waals surface area contributed by atoms with Gasteiger partial charge in [-0.1, -0.05) is 0 Å². The van der Waals surface area contributed by atoms with Gasteiger partial charge in [-0.25, -0.2) is 0 Å². The molecule has 1 aliphatic carbocycles. The Hall–Kier alpha value is -1.10. The molecule has 5 heteroatoms. The molecular weight excluding hydrogens is 272 g/mol. The maximum absolute atomic E-state index is 11.4. The summed E-state index contributed by atoms with van der Waals surface area (Å²) >= 11 is 3.29. The van der Waals surface area contributed by atoms with Gasteiger partial charge in [0.2, 0.25) is 5.91 Å². The van der Waals surface area contributed by atoms with E-state index in [0.29, 0.717) is 19.0 Å². The molecule has 1 aromatic heterocycles. The van der Waals surface area contributed by atoms with Gasteiger partial charge in [0.05, 0.1) is 0 Å². The Labute approximate surface area is 102 Å². The Morgan fingerprint density at radius 1 is 1.50 bits per heavy atom. The lowest BCUT2D eigenvalue weighted by Crippen LogP contribution is -2.28. The number of hydrogen-bond acceptors (Lipinski definition) is 2. The van der Waals surface area contributed by atoms with Crippen LogP contribution in [0.1, 0.15) is 19.3 Å². The predicted octanol–water partition coefficient (Wildman–Crippen LogP) is 1.28. The molecule has 0 radical (unpaired) electrons. The van der Waals surface area contributed by atoms with Gasteiger partial charge in [0.1, 0.15) is 0 Å². The number of carbonyl (C=O) groups excluding carboxylic acids is 1. The van der Waals surface area contributed by atoms with Crippen molar-refractivity contribution in [2.75, 3.05) is 0 Å². The number of hydrogen-bond donors (Lipinski definition) is 1. The van der Waals surface area contributed by atoms with Crippen LogP contribution in [-0.2, 0) is 11.3 Å². The fourth-order valence-corrected chi connectivity index (χ4v) is 1.81. The van der Waals surface area contributed by atoms with E-state index in [1.807, 2.05) is 0 Å². The molecular formula is C11H13BrN2O2. The monoisotopic (exact) mass is 284 g/mol. The van der Waals surface area contributed by atoms with Crippen LogP contribution in [0.2, 0.25) is 0 Å². The molecule has 4 nitrogen and oxygen atoms in total. The largest absolute Gasteiger partial charge is 0.353 e. The van der Waals surface area contributed by atoms with Gasteiger partial charge in [0, 0.05) is 35.7 Å². The van der Waals surface area contributed by atoms with E-state index >= 15 is 0 Å². The molecule has 86 valence electrons. The van der Waals surface area contributed by atoms with Crippen LogP contribution < -0.4 is 10.9 Å². The topological polar surface area (TPSA) is 51.1 Å². The molecule has 0 spiro atoms. The Morgan fingerprint density at radius 3 is 2.94 bits per heavy atom. The SMILES string of the molecule is O=C(CCn1cc(Br)ccc1=O)NC1CC1. The van der Waals surface area contributed by atoms with Crippen molar-refractivity contribution >= 4 is 21.8 Å². The summed E-state index contributed by atoms with van der Waals surface area (Å²) in [7, 11) is 0. The number of nitrogens with zero attached hydrogens (tertiary/aromatic N) is 1. The number of aryl methyl sites for hydroxylation is 1. The lowest BCUT2D eigenvalue weighted by Gasteiger charge is -2.06. The molecule has 0 aromatic carbocycles. The van der Waals surface area contributed by atoms with Crippen LogP contribution in [0.3, 0.4) is 0 Å². The highest BCUT2D eigenvalue weighted by Crippen LogP contribution is 2.18. The molecule has 1 heterocycles. The van der Waals surface area contributed by atoms with E-state index in [1.165, 1.54) is 10.6 Å². The highest BCUT2D eigenvalue weighted by atomic mass is 79.9. The zero-order chi connectivity index (χ0) is 11.5. The van der Waals surface area contributed by atoms with Gasteiger partial charge in [-0.05, 0) is 34.8 Å². The number of halogens is 1. The van der Waals surface area contributed by atoms with Gasteiger partial charge < -0.3 is 9.88 Å². The minimum atomic E-state index is -0.0811. The van der Waals surface area contributed by atoms with Crippen molar-refractivity contribution in [3.05, 3.63) is 33.2 Å². The van der Waals surface area contributed by atoms with Crippen molar-refractivity contribution in [2.45, 2.75) is 31.8 Å². The number of amides is 1. The third-order valence-corrected chi connectivity index (χ3v) is 2.94. The molecule has 1 N–H and O–H groups in total. The Balaban J connectivity index is 1.90. The lowest BCUT2D eigenvalue weighted by molar-refractivity contribution is -0.121. The number of aromatic nitrogens is 1. The highest BCUT2D eigenvalue weighted by Gasteiger charge is 2.22. The molecule has 1 fully saturated rings. The second kappa shape index (κ2) is 4.82. The quantitative estimate of drug-likeness (QED) is 0.906. The number of nitrogens with one attached hydrogen (secondary N) is 1. The molecule has 0 bridgehead atoms. The first kappa shape index (κ1) is 11.4. The number of pyridine rings is 1. The molecule has 16 heavy (non-hydrogen) atoms. The zero-order valence-electron chi connectivity index (χ0n) is 8.78. The summed E-state index contributed by atoms with van der Waals surface area (Å²) in [5, 5.41) is 2.89. The van der Waals surface area contributed by atoms with Crippen molar-refractivity contribution in [1.29, 1.82) is 0 Å². The van der Waals surface area contributed by atoms with Crippen LogP contribution in [0.4, 0.5) is 0 Å². The molecule has 0 atom stereocenters. The minimum absolute atomic E-state index is 0.0226. The van der Waals surface area contributed by atoms with Gasteiger partial charge >= 0.3 is 0 Å². The Kier molecular flexibility index (Phi) is 3.43. The van der Waals surface area contributed by atoms with E-state index in [0.717, 1.165) is 17.3 Å². The van der Waals surface area contributed by atoms with Crippen molar-refractivity contribution < 1.29 is 4.79 Å². The van der Waals surface area contributed by atoms with Crippen LogP contribution in [0.5, 0.6) is 0 Å². The van der Waals surface area contributed by atoms with Crippen LogP contribution in [0.15, 0.2) is 27.6 Å². The van der Waals surface area contributed by atoms with E-state index in [-0.39, 0.29) is 11.5 Å². The van der Waals surface area contributed by atoms with Gasteiger partial charge in [0.15, 0.2) is 0 Å². The first-order chi connectivity index (χ1) is 7.65. The highest BCUT2D eigenvalue weighted by molar-refractivity contribution is 9.10. The Morgan fingerprint density at radius 2 is 2.25 bits per heavy atom. The van der Waals surface area contributed by atoms with E-state index in [9.17, 15) is 9.59 Å². The number of rotatable bonds is 4.